The normalized spacial score (nSPS) is 12.9. The van der Waals surface area contributed by atoms with Crippen LogP contribution < -0.4 is 0 Å². The van der Waals surface area contributed by atoms with Crippen molar-refractivity contribution in [3.63, 3.8) is 0 Å². The third kappa shape index (κ3) is 3.42. The lowest BCUT2D eigenvalue weighted by molar-refractivity contribution is -0.133. The molecular weight excluding hydrogens is 358 g/mol. The number of fused-ring (bicyclic) bond motifs is 1. The monoisotopic (exact) mass is 375 g/mol. The van der Waals surface area contributed by atoms with Crippen molar-refractivity contribution in [2.24, 2.45) is 0 Å². The predicted octanol–water partition coefficient (Wildman–Crippen LogP) is 2.50. The SMILES string of the molecule is O=C(CN1C(=O)c2ccccc2C1=O)N(Cc1ccccn1)Cc1ccco1. The first-order chi connectivity index (χ1) is 13.6. The van der Waals surface area contributed by atoms with E-state index in [2.05, 4.69) is 4.98 Å². The Kier molecular flexibility index (Phi) is 4.72. The van der Waals surface area contributed by atoms with E-state index in [4.69, 9.17) is 4.42 Å². The van der Waals surface area contributed by atoms with E-state index >= 15 is 0 Å². The van der Waals surface area contributed by atoms with Crippen LogP contribution in [0.2, 0.25) is 0 Å². The maximum Gasteiger partial charge on any atom is 0.262 e. The smallest absolute Gasteiger partial charge is 0.262 e. The summed E-state index contributed by atoms with van der Waals surface area (Å²) >= 11 is 0. The first kappa shape index (κ1) is 17.7. The van der Waals surface area contributed by atoms with E-state index in [1.54, 1.807) is 48.7 Å². The molecule has 7 nitrogen and oxygen atoms in total. The summed E-state index contributed by atoms with van der Waals surface area (Å²) in [6.45, 7) is 0.120. The van der Waals surface area contributed by atoms with E-state index in [1.165, 1.54) is 11.2 Å². The molecule has 0 saturated carbocycles. The Labute approximate surface area is 161 Å². The van der Waals surface area contributed by atoms with Crippen LogP contribution in [-0.2, 0) is 17.9 Å². The fraction of sp³-hybridized carbons (Fsp3) is 0.143. The molecule has 3 heterocycles. The van der Waals surface area contributed by atoms with Crippen LogP contribution in [0.4, 0.5) is 0 Å². The number of amides is 3. The van der Waals surface area contributed by atoms with Gasteiger partial charge < -0.3 is 9.32 Å². The van der Waals surface area contributed by atoms with Crippen LogP contribution in [0.1, 0.15) is 32.2 Å². The number of carbonyl (C=O) groups excluding carboxylic acids is 3. The molecular formula is C21H17N3O4. The van der Waals surface area contributed by atoms with Gasteiger partial charge in [-0.3, -0.25) is 24.3 Å². The van der Waals surface area contributed by atoms with Gasteiger partial charge in [-0.2, -0.15) is 0 Å². The zero-order valence-corrected chi connectivity index (χ0v) is 14.9. The van der Waals surface area contributed by atoms with Gasteiger partial charge in [-0.1, -0.05) is 18.2 Å². The molecule has 1 aliphatic rings. The van der Waals surface area contributed by atoms with Crippen LogP contribution in [0.3, 0.4) is 0 Å². The second-order valence-electron chi connectivity index (χ2n) is 6.39. The quantitative estimate of drug-likeness (QED) is 0.618. The summed E-state index contributed by atoms with van der Waals surface area (Å²) in [6, 6.07) is 15.5. The zero-order chi connectivity index (χ0) is 19.5. The van der Waals surface area contributed by atoms with Crippen LogP contribution in [-0.4, -0.2) is 39.1 Å². The minimum atomic E-state index is -0.454. The summed E-state index contributed by atoms with van der Waals surface area (Å²) in [6.07, 6.45) is 3.18. The van der Waals surface area contributed by atoms with Crippen LogP contribution >= 0.6 is 0 Å². The highest BCUT2D eigenvalue weighted by Crippen LogP contribution is 2.22. The molecule has 3 aromatic rings. The number of carbonyl (C=O) groups is 3. The summed E-state index contributed by atoms with van der Waals surface area (Å²) in [4.78, 5) is 44.8. The maximum atomic E-state index is 13.0. The minimum Gasteiger partial charge on any atom is -0.467 e. The van der Waals surface area contributed by atoms with Gasteiger partial charge in [0, 0.05) is 6.20 Å². The molecule has 3 amide bonds. The van der Waals surface area contributed by atoms with Crippen molar-refractivity contribution in [3.8, 4) is 0 Å². The van der Waals surface area contributed by atoms with E-state index < -0.39 is 11.8 Å². The highest BCUT2D eigenvalue weighted by molar-refractivity contribution is 6.22. The Hall–Kier alpha value is -3.74. The van der Waals surface area contributed by atoms with E-state index in [0.717, 1.165) is 4.90 Å². The number of nitrogens with zero attached hydrogens (tertiary/aromatic N) is 3. The molecule has 0 aliphatic carbocycles. The van der Waals surface area contributed by atoms with Crippen LogP contribution in [0.15, 0.2) is 71.5 Å². The minimum absolute atomic E-state index is 0.214. The summed E-state index contributed by atoms with van der Waals surface area (Å²) in [5, 5.41) is 0. The predicted molar refractivity (Wildman–Crippen MR) is 99.0 cm³/mol. The molecule has 0 N–H and O–H groups in total. The van der Waals surface area contributed by atoms with Gasteiger partial charge in [0.1, 0.15) is 12.3 Å². The van der Waals surface area contributed by atoms with Crippen LogP contribution in [0.5, 0.6) is 0 Å². The van der Waals surface area contributed by atoms with Gasteiger partial charge in [-0.25, -0.2) is 0 Å². The molecule has 0 radical (unpaired) electrons. The molecule has 0 bridgehead atoms. The Balaban J connectivity index is 1.54. The van der Waals surface area contributed by atoms with Crippen molar-refractivity contribution in [2.75, 3.05) is 6.54 Å². The highest BCUT2D eigenvalue weighted by Gasteiger charge is 2.37. The molecule has 0 fully saturated rings. The number of pyridine rings is 1. The van der Waals surface area contributed by atoms with Gasteiger partial charge in [0.15, 0.2) is 0 Å². The summed E-state index contributed by atoms with van der Waals surface area (Å²) in [7, 11) is 0. The molecule has 0 atom stereocenters. The van der Waals surface area contributed by atoms with Crippen LogP contribution in [0, 0.1) is 0 Å². The summed E-state index contributed by atoms with van der Waals surface area (Å²) in [5.74, 6) is -0.669. The topological polar surface area (TPSA) is 83.7 Å². The molecule has 140 valence electrons. The number of hydrogen-bond donors (Lipinski definition) is 0. The third-order valence-corrected chi connectivity index (χ3v) is 4.53. The average molecular weight is 375 g/mol. The molecule has 0 saturated heterocycles. The number of aromatic nitrogens is 1. The largest absolute Gasteiger partial charge is 0.467 e. The summed E-state index contributed by atoms with van der Waals surface area (Å²) < 4.78 is 5.35. The van der Waals surface area contributed by atoms with Gasteiger partial charge in [0.05, 0.1) is 36.2 Å². The van der Waals surface area contributed by atoms with Crippen molar-refractivity contribution < 1.29 is 18.8 Å². The van der Waals surface area contributed by atoms with Gasteiger partial charge >= 0.3 is 0 Å². The number of imide groups is 1. The van der Waals surface area contributed by atoms with Gasteiger partial charge in [-0.05, 0) is 36.4 Å². The Bertz CT molecular complexity index is 980. The fourth-order valence-electron chi connectivity index (χ4n) is 3.13. The first-order valence-electron chi connectivity index (χ1n) is 8.79. The van der Waals surface area contributed by atoms with Crippen molar-refractivity contribution >= 4 is 17.7 Å². The van der Waals surface area contributed by atoms with E-state index in [-0.39, 0.29) is 25.5 Å². The van der Waals surface area contributed by atoms with E-state index in [0.29, 0.717) is 22.6 Å². The van der Waals surface area contributed by atoms with Gasteiger partial charge in [0.2, 0.25) is 5.91 Å². The number of benzene rings is 1. The van der Waals surface area contributed by atoms with Crippen molar-refractivity contribution in [2.45, 2.75) is 13.1 Å². The average Bonchev–Trinajstić information content (AvgIpc) is 3.31. The number of hydrogen-bond acceptors (Lipinski definition) is 5. The van der Waals surface area contributed by atoms with Crippen molar-refractivity contribution in [1.82, 2.24) is 14.8 Å². The lowest BCUT2D eigenvalue weighted by Crippen LogP contribution is -2.42. The summed E-state index contributed by atoms with van der Waals surface area (Å²) in [5.41, 5.74) is 1.34. The van der Waals surface area contributed by atoms with Crippen LogP contribution in [0.25, 0.3) is 0 Å². The second kappa shape index (κ2) is 7.48. The molecule has 1 aliphatic heterocycles. The molecule has 0 unspecified atom stereocenters. The Morgan fingerprint density at radius 3 is 2.25 bits per heavy atom. The molecule has 2 aromatic heterocycles. The number of furan rings is 1. The highest BCUT2D eigenvalue weighted by atomic mass is 16.3. The molecule has 28 heavy (non-hydrogen) atoms. The number of rotatable bonds is 6. The van der Waals surface area contributed by atoms with E-state index in [1.807, 2.05) is 12.1 Å². The van der Waals surface area contributed by atoms with Gasteiger partial charge in [0.25, 0.3) is 11.8 Å². The standard InChI is InChI=1S/C21H17N3O4/c25-19(14-24-20(26)17-8-1-2-9-18(17)21(24)27)23(13-16-7-5-11-28-16)12-15-6-3-4-10-22-15/h1-11H,12-14H2. The second-order valence-corrected chi connectivity index (χ2v) is 6.39. The lowest BCUT2D eigenvalue weighted by atomic mass is 10.1. The lowest BCUT2D eigenvalue weighted by Gasteiger charge is -2.24. The fourth-order valence-corrected chi connectivity index (χ4v) is 3.13. The maximum absolute atomic E-state index is 13.0. The Morgan fingerprint density at radius 1 is 0.929 bits per heavy atom. The first-order valence-corrected chi connectivity index (χ1v) is 8.79. The van der Waals surface area contributed by atoms with E-state index in [9.17, 15) is 14.4 Å². The molecule has 1 aromatic carbocycles. The van der Waals surface area contributed by atoms with Crippen molar-refractivity contribution in [1.29, 1.82) is 0 Å². The molecule has 0 spiro atoms. The Morgan fingerprint density at radius 2 is 1.64 bits per heavy atom. The van der Waals surface area contributed by atoms with Crippen molar-refractivity contribution in [3.05, 3.63) is 89.6 Å². The molecule has 7 heteroatoms. The third-order valence-electron chi connectivity index (χ3n) is 4.53. The zero-order valence-electron chi connectivity index (χ0n) is 14.9. The van der Waals surface area contributed by atoms with Gasteiger partial charge in [-0.15, -0.1) is 0 Å². The molecule has 4 rings (SSSR count).